The van der Waals surface area contributed by atoms with Gasteiger partial charge < -0.3 is 9.84 Å². The molecule has 0 bridgehead atoms. The van der Waals surface area contributed by atoms with E-state index in [2.05, 4.69) is 0 Å². The van der Waals surface area contributed by atoms with E-state index in [-0.39, 0.29) is 42.5 Å². The Balaban J connectivity index is 2.35. The molecule has 1 aromatic carbocycles. The molecule has 0 heterocycles. The molecule has 1 rings (SSSR count). The van der Waals surface area contributed by atoms with Gasteiger partial charge in [0.1, 0.15) is 11.3 Å². The molecule has 0 radical (unpaired) electrons. The van der Waals surface area contributed by atoms with Gasteiger partial charge in [0, 0.05) is 6.42 Å². The molecule has 0 aliphatic heterocycles. The summed E-state index contributed by atoms with van der Waals surface area (Å²) in [5, 5.41) is 5.31. The van der Waals surface area contributed by atoms with Crippen LogP contribution in [-0.4, -0.2) is 35.1 Å². The number of unbranched alkanes of at least 4 members (excludes halogenated alkanes) is 1. The van der Waals surface area contributed by atoms with E-state index < -0.39 is 23.6 Å². The number of hydrogen-bond acceptors (Lipinski definition) is 4. The maximum Gasteiger partial charge on any atom is 0.355 e. The number of carbonyl (C=O) groups is 1. The van der Waals surface area contributed by atoms with E-state index in [1.807, 2.05) is 0 Å². The predicted molar refractivity (Wildman–Crippen MR) is 75.6 cm³/mol. The Hall–Kier alpha value is -1.44. The van der Waals surface area contributed by atoms with Crippen LogP contribution >= 0.6 is 11.8 Å². The highest BCUT2D eigenvalue weighted by atomic mass is 32.2. The molecule has 124 valence electrons. The molecule has 0 saturated heterocycles. The molecular formula is C14H16F4O3S. The average molecular weight is 340 g/mol. The third-order valence-electron chi connectivity index (χ3n) is 2.92. The van der Waals surface area contributed by atoms with Crippen molar-refractivity contribution < 1.29 is 32.2 Å². The number of phenols is 1. The van der Waals surface area contributed by atoms with Crippen LogP contribution in [-0.2, 0) is 4.74 Å². The number of para-hydroxylation sites is 1. The van der Waals surface area contributed by atoms with Crippen molar-refractivity contribution in [3.8, 4) is 5.75 Å². The lowest BCUT2D eigenvalue weighted by atomic mass is 10.1. The van der Waals surface area contributed by atoms with Gasteiger partial charge in [-0.1, -0.05) is 23.9 Å². The summed E-state index contributed by atoms with van der Waals surface area (Å²) < 4.78 is 57.1. The number of hydrogen-bond donors (Lipinski definition) is 1. The zero-order valence-corrected chi connectivity index (χ0v) is 12.6. The smallest absolute Gasteiger partial charge is 0.355 e. The van der Waals surface area contributed by atoms with Crippen molar-refractivity contribution in [2.24, 2.45) is 0 Å². The van der Waals surface area contributed by atoms with Crippen molar-refractivity contribution in [2.75, 3.05) is 12.9 Å². The van der Waals surface area contributed by atoms with Crippen LogP contribution in [0.3, 0.4) is 0 Å². The van der Waals surface area contributed by atoms with E-state index in [1.54, 1.807) is 0 Å². The highest BCUT2D eigenvalue weighted by molar-refractivity contribution is 7.99. The van der Waals surface area contributed by atoms with E-state index in [4.69, 9.17) is 4.74 Å². The largest absolute Gasteiger partial charge is 0.507 e. The van der Waals surface area contributed by atoms with E-state index in [1.165, 1.54) is 24.3 Å². The third-order valence-corrected chi connectivity index (χ3v) is 3.74. The Bertz CT molecular complexity index is 509. The van der Waals surface area contributed by atoms with Gasteiger partial charge in [0.15, 0.2) is 0 Å². The van der Waals surface area contributed by atoms with Crippen LogP contribution in [0.25, 0.3) is 0 Å². The molecule has 1 aromatic rings. The van der Waals surface area contributed by atoms with Gasteiger partial charge in [-0.25, -0.2) is 4.79 Å². The fourth-order valence-electron chi connectivity index (χ4n) is 1.63. The van der Waals surface area contributed by atoms with Crippen molar-refractivity contribution in [1.29, 1.82) is 0 Å². The Morgan fingerprint density at radius 2 is 1.86 bits per heavy atom. The number of halogens is 4. The summed E-state index contributed by atoms with van der Waals surface area (Å²) in [6.07, 6.45) is -0.256. The van der Waals surface area contributed by atoms with Gasteiger partial charge in [0.05, 0.1) is 6.61 Å². The van der Waals surface area contributed by atoms with E-state index >= 15 is 0 Å². The molecule has 0 saturated carbocycles. The molecule has 0 unspecified atom stereocenters. The first-order valence-corrected chi connectivity index (χ1v) is 7.69. The van der Waals surface area contributed by atoms with Crippen LogP contribution in [0.5, 0.6) is 5.75 Å². The summed E-state index contributed by atoms with van der Waals surface area (Å²) in [5.41, 5.74) is -0.0400. The number of aromatic hydroxyl groups is 1. The molecule has 0 aliphatic rings. The van der Waals surface area contributed by atoms with Crippen LogP contribution in [0.2, 0.25) is 0 Å². The molecule has 0 spiro atoms. The third kappa shape index (κ3) is 4.79. The van der Waals surface area contributed by atoms with Gasteiger partial charge >= 0.3 is 17.1 Å². The molecule has 8 heteroatoms. The molecule has 3 nitrogen and oxygen atoms in total. The second kappa shape index (κ2) is 7.71. The van der Waals surface area contributed by atoms with Gasteiger partial charge in [-0.05, 0) is 31.2 Å². The Morgan fingerprint density at radius 3 is 2.45 bits per heavy atom. The van der Waals surface area contributed by atoms with E-state index in [0.29, 0.717) is 0 Å². The fourth-order valence-corrected chi connectivity index (χ4v) is 2.03. The molecule has 0 fully saturated rings. The van der Waals surface area contributed by atoms with Crippen LogP contribution in [0.15, 0.2) is 24.3 Å². The number of alkyl halides is 4. The van der Waals surface area contributed by atoms with Crippen molar-refractivity contribution >= 4 is 17.7 Å². The predicted octanol–water partition coefficient (Wildman–Crippen LogP) is 4.31. The Morgan fingerprint density at radius 1 is 1.23 bits per heavy atom. The number of ether oxygens (including phenoxy) is 1. The van der Waals surface area contributed by atoms with Gasteiger partial charge in [-0.2, -0.15) is 17.6 Å². The standard InChI is InChI=1S/C14H16F4O3S/c1-22-14(17,18)13(15,16)8-4-5-9-21-12(20)10-6-2-3-7-11(10)19/h2-3,6-7,19H,4-5,8-9H2,1H3. The van der Waals surface area contributed by atoms with Gasteiger partial charge in [0.2, 0.25) is 0 Å². The summed E-state index contributed by atoms with van der Waals surface area (Å²) in [5.74, 6) is -5.15. The Labute approximate surface area is 129 Å². The first-order valence-electron chi connectivity index (χ1n) is 6.47. The summed E-state index contributed by atoms with van der Waals surface area (Å²) in [6.45, 7) is -0.186. The lowest BCUT2D eigenvalue weighted by Crippen LogP contribution is -2.37. The summed E-state index contributed by atoms with van der Waals surface area (Å²) >= 11 is -0.195. The van der Waals surface area contributed by atoms with Crippen molar-refractivity contribution in [3.63, 3.8) is 0 Å². The molecule has 1 N–H and O–H groups in total. The monoisotopic (exact) mass is 340 g/mol. The number of benzene rings is 1. The lowest BCUT2D eigenvalue weighted by molar-refractivity contribution is -0.156. The van der Waals surface area contributed by atoms with Crippen LogP contribution < -0.4 is 0 Å². The number of phenolic OH excluding ortho intramolecular Hbond substituents is 1. The van der Waals surface area contributed by atoms with Crippen molar-refractivity contribution in [1.82, 2.24) is 0 Å². The van der Waals surface area contributed by atoms with Gasteiger partial charge in [-0.15, -0.1) is 0 Å². The van der Waals surface area contributed by atoms with E-state index in [0.717, 1.165) is 6.26 Å². The zero-order chi connectivity index (χ0) is 16.8. The topological polar surface area (TPSA) is 46.5 Å². The number of carbonyl (C=O) groups excluding carboxylic acids is 1. The number of esters is 1. The minimum atomic E-state index is -4.11. The van der Waals surface area contributed by atoms with Crippen molar-refractivity contribution in [2.45, 2.75) is 30.4 Å². The SMILES string of the molecule is CSC(F)(F)C(F)(F)CCCCOC(=O)c1ccccc1O. The highest BCUT2D eigenvalue weighted by Gasteiger charge is 2.54. The van der Waals surface area contributed by atoms with Crippen molar-refractivity contribution in [3.05, 3.63) is 29.8 Å². The van der Waals surface area contributed by atoms with E-state index in [9.17, 15) is 27.5 Å². The minimum absolute atomic E-state index is 0.0272. The van der Waals surface area contributed by atoms with Gasteiger partial charge in [0.25, 0.3) is 0 Å². The fraction of sp³-hybridized carbons (Fsp3) is 0.500. The van der Waals surface area contributed by atoms with Crippen LogP contribution in [0.1, 0.15) is 29.6 Å². The minimum Gasteiger partial charge on any atom is -0.507 e. The molecule has 0 amide bonds. The van der Waals surface area contributed by atoms with Gasteiger partial charge in [-0.3, -0.25) is 0 Å². The number of thioether (sulfide) groups is 1. The summed E-state index contributed by atoms with van der Waals surface area (Å²) in [4.78, 5) is 11.6. The van der Waals surface area contributed by atoms with Crippen LogP contribution in [0.4, 0.5) is 17.6 Å². The number of rotatable bonds is 8. The Kier molecular flexibility index (Phi) is 6.52. The maximum absolute atomic E-state index is 13.2. The molecule has 0 aliphatic carbocycles. The first-order chi connectivity index (χ1) is 10.2. The average Bonchev–Trinajstić information content (AvgIpc) is 2.46. The quantitative estimate of drug-likeness (QED) is 0.435. The maximum atomic E-state index is 13.2. The second-order valence-corrected chi connectivity index (χ2v) is 5.46. The normalized spacial score (nSPS) is 12.2. The molecular weight excluding hydrogens is 324 g/mol. The molecule has 22 heavy (non-hydrogen) atoms. The molecule has 0 aromatic heterocycles. The zero-order valence-electron chi connectivity index (χ0n) is 11.8. The lowest BCUT2D eigenvalue weighted by Gasteiger charge is -2.24. The first kappa shape index (κ1) is 18.6. The highest BCUT2D eigenvalue weighted by Crippen LogP contribution is 2.44. The summed E-state index contributed by atoms with van der Waals surface area (Å²) in [6, 6.07) is 5.72. The second-order valence-electron chi connectivity index (χ2n) is 4.54. The summed E-state index contributed by atoms with van der Waals surface area (Å²) in [7, 11) is 0. The van der Waals surface area contributed by atoms with Crippen LogP contribution in [0, 0.1) is 0 Å². The molecule has 0 atom stereocenters.